The molecule has 7 heteroatoms. The third-order valence-electron chi connectivity index (χ3n) is 2.45. The molecule has 19 heavy (non-hydrogen) atoms. The van der Waals surface area contributed by atoms with Gasteiger partial charge in [-0.1, -0.05) is 0 Å². The molecule has 0 radical (unpaired) electrons. The lowest BCUT2D eigenvalue weighted by Crippen LogP contribution is -2.02. The maximum absolute atomic E-state index is 5.78. The van der Waals surface area contributed by atoms with E-state index in [0.29, 0.717) is 28.7 Å². The fourth-order valence-electron chi connectivity index (χ4n) is 1.51. The van der Waals surface area contributed by atoms with E-state index in [1.807, 2.05) is 0 Å². The highest BCUT2D eigenvalue weighted by Gasteiger charge is 2.09. The van der Waals surface area contributed by atoms with E-state index >= 15 is 0 Å². The number of nitrogen functional groups attached to an aromatic ring is 1. The van der Waals surface area contributed by atoms with Crippen LogP contribution in [0.4, 0.5) is 17.2 Å². The second kappa shape index (κ2) is 5.62. The van der Waals surface area contributed by atoms with Crippen molar-refractivity contribution in [2.75, 3.05) is 25.3 Å². The number of nitrogens with one attached hydrogen (secondary N) is 1. The predicted octanol–water partition coefficient (Wildman–Crippen LogP) is 2.47. The maximum Gasteiger partial charge on any atom is 0.224 e. The number of nitrogens with two attached hydrogens (primary N) is 1. The van der Waals surface area contributed by atoms with Gasteiger partial charge in [-0.15, -0.1) is 0 Å². The second-order valence-electron chi connectivity index (χ2n) is 3.63. The van der Waals surface area contributed by atoms with E-state index in [-0.39, 0.29) is 5.28 Å². The van der Waals surface area contributed by atoms with Crippen molar-refractivity contribution >= 4 is 28.8 Å². The lowest BCUT2D eigenvalue weighted by molar-refractivity contribution is 0.405. The Morgan fingerprint density at radius 3 is 2.74 bits per heavy atom. The van der Waals surface area contributed by atoms with Gasteiger partial charge in [-0.25, -0.2) is 4.98 Å². The van der Waals surface area contributed by atoms with Crippen LogP contribution in [-0.4, -0.2) is 24.2 Å². The van der Waals surface area contributed by atoms with E-state index in [1.54, 1.807) is 32.4 Å². The molecule has 6 nitrogen and oxygen atoms in total. The maximum atomic E-state index is 5.78. The minimum absolute atomic E-state index is 0.110. The lowest BCUT2D eigenvalue weighted by Gasteiger charge is -2.13. The summed E-state index contributed by atoms with van der Waals surface area (Å²) in [6.07, 6.45) is 1.43. The Hall–Kier alpha value is -2.21. The van der Waals surface area contributed by atoms with Gasteiger partial charge in [-0.3, -0.25) is 0 Å². The first-order valence-electron chi connectivity index (χ1n) is 5.41. The third kappa shape index (κ3) is 2.97. The molecule has 0 fully saturated rings. The summed E-state index contributed by atoms with van der Waals surface area (Å²) in [5, 5.41) is 3.15. The number of methoxy groups -OCH3 is 2. The van der Waals surface area contributed by atoms with Crippen molar-refractivity contribution < 1.29 is 9.47 Å². The van der Waals surface area contributed by atoms with Crippen LogP contribution in [0.25, 0.3) is 0 Å². The number of anilines is 3. The van der Waals surface area contributed by atoms with Crippen molar-refractivity contribution in [2.24, 2.45) is 0 Å². The van der Waals surface area contributed by atoms with Gasteiger partial charge in [0.2, 0.25) is 5.28 Å². The molecule has 0 unspecified atom stereocenters. The Bertz CT molecular complexity index is 592. The third-order valence-corrected chi connectivity index (χ3v) is 2.63. The van der Waals surface area contributed by atoms with E-state index in [9.17, 15) is 0 Å². The Balaban J connectivity index is 2.38. The number of nitrogens with zero attached hydrogens (tertiary/aromatic N) is 2. The summed E-state index contributed by atoms with van der Waals surface area (Å²) >= 11 is 5.74. The van der Waals surface area contributed by atoms with Crippen LogP contribution >= 0.6 is 11.6 Å². The van der Waals surface area contributed by atoms with Crippen molar-refractivity contribution in [2.45, 2.75) is 0 Å². The van der Waals surface area contributed by atoms with Gasteiger partial charge < -0.3 is 20.5 Å². The monoisotopic (exact) mass is 280 g/mol. The molecule has 0 atom stereocenters. The van der Waals surface area contributed by atoms with Crippen molar-refractivity contribution in [1.82, 2.24) is 9.97 Å². The van der Waals surface area contributed by atoms with Crippen LogP contribution in [0.15, 0.2) is 24.4 Å². The first-order chi connectivity index (χ1) is 9.13. The Morgan fingerprint density at radius 1 is 1.26 bits per heavy atom. The van der Waals surface area contributed by atoms with Crippen LogP contribution < -0.4 is 20.5 Å². The van der Waals surface area contributed by atoms with Crippen LogP contribution in [0.1, 0.15) is 0 Å². The zero-order chi connectivity index (χ0) is 13.8. The number of rotatable bonds is 4. The second-order valence-corrected chi connectivity index (χ2v) is 3.97. The summed E-state index contributed by atoms with van der Waals surface area (Å²) in [6.45, 7) is 0. The molecular formula is C12H13ClN4O2. The molecule has 0 amide bonds. The minimum Gasteiger partial charge on any atom is -0.497 e. The summed E-state index contributed by atoms with van der Waals surface area (Å²) in [5.41, 5.74) is 6.83. The van der Waals surface area contributed by atoms with Gasteiger partial charge in [-0.2, -0.15) is 4.98 Å². The van der Waals surface area contributed by atoms with Gasteiger partial charge >= 0.3 is 0 Å². The smallest absolute Gasteiger partial charge is 0.224 e. The zero-order valence-corrected chi connectivity index (χ0v) is 11.2. The van der Waals surface area contributed by atoms with Crippen molar-refractivity contribution in [1.29, 1.82) is 0 Å². The molecule has 0 spiro atoms. The van der Waals surface area contributed by atoms with E-state index in [1.165, 1.54) is 6.20 Å². The molecule has 3 N–H and O–H groups in total. The molecule has 0 aliphatic carbocycles. The molecule has 0 aliphatic rings. The summed E-state index contributed by atoms with van der Waals surface area (Å²) in [7, 11) is 3.16. The van der Waals surface area contributed by atoms with Crippen molar-refractivity contribution in [3.05, 3.63) is 29.7 Å². The van der Waals surface area contributed by atoms with Gasteiger partial charge in [0.05, 0.1) is 31.8 Å². The highest BCUT2D eigenvalue weighted by atomic mass is 35.5. The molecule has 0 saturated heterocycles. The van der Waals surface area contributed by atoms with E-state index in [4.69, 9.17) is 26.8 Å². The van der Waals surface area contributed by atoms with Crippen LogP contribution in [0, 0.1) is 0 Å². The Morgan fingerprint density at radius 2 is 2.05 bits per heavy atom. The molecule has 1 aromatic heterocycles. The van der Waals surface area contributed by atoms with Crippen molar-refractivity contribution in [3.63, 3.8) is 0 Å². The van der Waals surface area contributed by atoms with Gasteiger partial charge in [0.25, 0.3) is 0 Å². The fraction of sp³-hybridized carbons (Fsp3) is 0.167. The lowest BCUT2D eigenvalue weighted by atomic mass is 10.2. The molecule has 2 rings (SSSR count). The number of aromatic nitrogens is 2. The molecule has 0 saturated carbocycles. The van der Waals surface area contributed by atoms with Crippen molar-refractivity contribution in [3.8, 4) is 11.5 Å². The van der Waals surface area contributed by atoms with Crippen LogP contribution in [0.3, 0.4) is 0 Å². The van der Waals surface area contributed by atoms with Gasteiger partial charge in [0, 0.05) is 6.07 Å². The van der Waals surface area contributed by atoms with E-state index in [2.05, 4.69) is 15.3 Å². The summed E-state index contributed by atoms with van der Waals surface area (Å²) in [4.78, 5) is 7.81. The molecule has 0 bridgehead atoms. The number of hydrogen-bond acceptors (Lipinski definition) is 6. The summed E-state index contributed by atoms with van der Waals surface area (Å²) < 4.78 is 10.4. The van der Waals surface area contributed by atoms with E-state index < -0.39 is 0 Å². The molecule has 0 aliphatic heterocycles. The highest BCUT2D eigenvalue weighted by molar-refractivity contribution is 6.28. The van der Waals surface area contributed by atoms with Gasteiger partial charge in [0.15, 0.2) is 5.82 Å². The molecular weight excluding hydrogens is 268 g/mol. The standard InChI is InChI=1S/C12H13ClN4O2/c1-18-7-3-4-10(19-2)9(5-7)16-11-8(14)6-15-12(13)17-11/h3-6H,14H2,1-2H3,(H,15,16,17). The number of halogens is 1. The summed E-state index contributed by atoms with van der Waals surface area (Å²) in [6, 6.07) is 5.34. The normalized spacial score (nSPS) is 10.1. The predicted molar refractivity (Wildman–Crippen MR) is 74.3 cm³/mol. The SMILES string of the molecule is COc1ccc(OC)c(Nc2nc(Cl)ncc2N)c1. The van der Waals surface area contributed by atoms with Crippen LogP contribution in [-0.2, 0) is 0 Å². The highest BCUT2D eigenvalue weighted by Crippen LogP contribution is 2.32. The molecule has 100 valence electrons. The first kappa shape index (κ1) is 13.2. The average Bonchev–Trinajstić information content (AvgIpc) is 2.42. The number of hydrogen-bond donors (Lipinski definition) is 2. The number of benzene rings is 1. The quantitative estimate of drug-likeness (QED) is 0.837. The molecule has 1 aromatic carbocycles. The number of ether oxygens (including phenoxy) is 2. The van der Waals surface area contributed by atoms with Crippen LogP contribution in [0.2, 0.25) is 5.28 Å². The Labute approximate surface area is 115 Å². The van der Waals surface area contributed by atoms with E-state index in [0.717, 1.165) is 0 Å². The molecule has 2 aromatic rings. The largest absolute Gasteiger partial charge is 0.497 e. The fourth-order valence-corrected chi connectivity index (χ4v) is 1.64. The zero-order valence-electron chi connectivity index (χ0n) is 10.5. The van der Waals surface area contributed by atoms with Gasteiger partial charge in [0.1, 0.15) is 11.5 Å². The molecule has 1 heterocycles. The minimum atomic E-state index is 0.110. The topological polar surface area (TPSA) is 82.3 Å². The average molecular weight is 281 g/mol. The summed E-state index contributed by atoms with van der Waals surface area (Å²) in [5.74, 6) is 1.73. The van der Waals surface area contributed by atoms with Crippen LogP contribution in [0.5, 0.6) is 11.5 Å². The van der Waals surface area contributed by atoms with Gasteiger partial charge in [-0.05, 0) is 23.7 Å². The first-order valence-corrected chi connectivity index (χ1v) is 5.79. The Kier molecular flexibility index (Phi) is 3.91.